The summed E-state index contributed by atoms with van der Waals surface area (Å²) in [5.41, 5.74) is -0.785. The number of imide groups is 1. The number of hydrogen-bond acceptors (Lipinski definition) is 4. The molecule has 0 aromatic rings. The highest BCUT2D eigenvalue weighted by Crippen LogP contribution is 2.31. The molecule has 2 heterocycles. The number of amides is 4. The average Bonchev–Trinajstić information content (AvgIpc) is 3.12. The van der Waals surface area contributed by atoms with Crippen molar-refractivity contribution in [1.29, 1.82) is 0 Å². The van der Waals surface area contributed by atoms with Gasteiger partial charge in [-0.25, -0.2) is 4.79 Å². The van der Waals surface area contributed by atoms with Crippen LogP contribution in [-0.4, -0.2) is 54.1 Å². The fraction of sp³-hybridized carbons (Fsp3) is 0.824. The first-order chi connectivity index (χ1) is 11.6. The normalized spacial score (nSPS) is 27.0. The molecule has 2 aliphatic heterocycles. The number of carbonyl (C=O) groups excluding carboxylic acids is 3. The molecule has 2 N–H and O–H groups in total. The lowest BCUT2D eigenvalue weighted by molar-refractivity contribution is -0.135. The largest absolute Gasteiger partial charge is 0.376 e. The highest BCUT2D eigenvalue weighted by Gasteiger charge is 2.50. The highest BCUT2D eigenvalue weighted by molar-refractivity contribution is 6.09. The van der Waals surface area contributed by atoms with Gasteiger partial charge in [0.2, 0.25) is 5.91 Å². The third-order valence-corrected chi connectivity index (χ3v) is 5.31. The summed E-state index contributed by atoms with van der Waals surface area (Å²) < 4.78 is 5.46. The van der Waals surface area contributed by atoms with Crippen molar-refractivity contribution in [2.24, 2.45) is 0 Å². The molecule has 0 aromatic carbocycles. The van der Waals surface area contributed by atoms with Crippen molar-refractivity contribution in [2.75, 3.05) is 19.7 Å². The summed E-state index contributed by atoms with van der Waals surface area (Å²) in [6.07, 6.45) is 8.58. The number of ether oxygens (including phenoxy) is 1. The van der Waals surface area contributed by atoms with Crippen LogP contribution >= 0.6 is 0 Å². The molecule has 3 rings (SSSR count). The van der Waals surface area contributed by atoms with Crippen molar-refractivity contribution in [3.8, 4) is 0 Å². The summed E-state index contributed by atoms with van der Waals surface area (Å²) in [5.74, 6) is -0.543. The fourth-order valence-electron chi connectivity index (χ4n) is 3.90. The standard InChI is InChI=1S/C17H27N3O4/c21-14(18-11-13-7-6-10-24-13)12-20-15(22)17(19-16(20)23)8-4-2-1-3-5-9-17/h13H,1-12H2,(H,18,21)(H,19,23)/t13-/m0/s1. The molecule has 0 radical (unpaired) electrons. The van der Waals surface area contributed by atoms with Gasteiger partial charge in [0.25, 0.3) is 5.91 Å². The molecule has 4 amide bonds. The number of hydrogen-bond donors (Lipinski definition) is 2. The average molecular weight is 337 g/mol. The molecular formula is C17H27N3O4. The predicted octanol–water partition coefficient (Wildman–Crippen LogP) is 1.32. The van der Waals surface area contributed by atoms with Gasteiger partial charge in [0.05, 0.1) is 6.10 Å². The van der Waals surface area contributed by atoms with Gasteiger partial charge >= 0.3 is 6.03 Å². The number of carbonyl (C=O) groups is 3. The summed E-state index contributed by atoms with van der Waals surface area (Å²) in [5, 5.41) is 5.64. The van der Waals surface area contributed by atoms with Crippen LogP contribution in [0.4, 0.5) is 4.79 Å². The van der Waals surface area contributed by atoms with Gasteiger partial charge in [-0.05, 0) is 25.7 Å². The van der Waals surface area contributed by atoms with E-state index in [0.29, 0.717) is 19.4 Å². The Labute approximate surface area is 142 Å². The Morgan fingerprint density at radius 3 is 2.54 bits per heavy atom. The smallest absolute Gasteiger partial charge is 0.325 e. The molecule has 0 bridgehead atoms. The molecule has 0 aromatic heterocycles. The topological polar surface area (TPSA) is 87.7 Å². The van der Waals surface area contributed by atoms with Gasteiger partial charge < -0.3 is 15.4 Å². The van der Waals surface area contributed by atoms with Gasteiger partial charge in [-0.1, -0.05) is 32.1 Å². The van der Waals surface area contributed by atoms with Crippen molar-refractivity contribution in [2.45, 2.75) is 69.4 Å². The van der Waals surface area contributed by atoms with E-state index in [2.05, 4.69) is 10.6 Å². The third kappa shape index (κ3) is 3.71. The second-order valence-electron chi connectivity index (χ2n) is 7.11. The monoisotopic (exact) mass is 337 g/mol. The molecular weight excluding hydrogens is 310 g/mol. The van der Waals surface area contributed by atoms with E-state index in [1.807, 2.05) is 0 Å². The second-order valence-corrected chi connectivity index (χ2v) is 7.11. The minimum atomic E-state index is -0.785. The predicted molar refractivity (Wildman–Crippen MR) is 87.3 cm³/mol. The lowest BCUT2D eigenvalue weighted by Crippen LogP contribution is -2.48. The molecule has 7 heteroatoms. The first kappa shape index (κ1) is 17.2. The Morgan fingerprint density at radius 1 is 1.17 bits per heavy atom. The van der Waals surface area contributed by atoms with Gasteiger partial charge in [-0.3, -0.25) is 14.5 Å². The molecule has 1 saturated carbocycles. The molecule has 134 valence electrons. The summed E-state index contributed by atoms with van der Waals surface area (Å²) in [6, 6.07) is -0.437. The van der Waals surface area contributed by atoms with E-state index >= 15 is 0 Å². The van der Waals surface area contributed by atoms with Crippen molar-refractivity contribution >= 4 is 17.8 Å². The van der Waals surface area contributed by atoms with Crippen molar-refractivity contribution < 1.29 is 19.1 Å². The lowest BCUT2D eigenvalue weighted by atomic mass is 9.84. The first-order valence-corrected chi connectivity index (χ1v) is 9.13. The van der Waals surface area contributed by atoms with E-state index in [1.165, 1.54) is 6.42 Å². The SMILES string of the molecule is O=C(CN1C(=O)NC2(CCCCCCC2)C1=O)NC[C@@H]1CCCO1. The quantitative estimate of drug-likeness (QED) is 0.757. The molecule has 7 nitrogen and oxygen atoms in total. The summed E-state index contributed by atoms with van der Waals surface area (Å²) in [6.45, 7) is 0.961. The molecule has 1 atom stereocenters. The highest BCUT2D eigenvalue weighted by atomic mass is 16.5. The third-order valence-electron chi connectivity index (χ3n) is 5.31. The minimum Gasteiger partial charge on any atom is -0.376 e. The number of nitrogens with zero attached hydrogens (tertiary/aromatic N) is 1. The molecule has 1 spiro atoms. The van der Waals surface area contributed by atoms with E-state index in [0.717, 1.165) is 50.0 Å². The maximum Gasteiger partial charge on any atom is 0.325 e. The summed E-state index contributed by atoms with van der Waals surface area (Å²) in [4.78, 5) is 38.2. The molecule has 0 unspecified atom stereocenters. The summed E-state index contributed by atoms with van der Waals surface area (Å²) in [7, 11) is 0. The van der Waals surface area contributed by atoms with Gasteiger partial charge in [-0.2, -0.15) is 0 Å². The van der Waals surface area contributed by atoms with Crippen LogP contribution < -0.4 is 10.6 Å². The van der Waals surface area contributed by atoms with Crippen LogP contribution in [0.1, 0.15) is 57.8 Å². The molecule has 2 saturated heterocycles. The van der Waals surface area contributed by atoms with Gasteiger partial charge in [0.1, 0.15) is 12.1 Å². The van der Waals surface area contributed by atoms with E-state index in [1.54, 1.807) is 0 Å². The maximum atomic E-state index is 12.8. The van der Waals surface area contributed by atoms with E-state index in [4.69, 9.17) is 4.74 Å². The zero-order chi connectivity index (χ0) is 17.0. The van der Waals surface area contributed by atoms with Crippen LogP contribution in [0.5, 0.6) is 0 Å². The molecule has 3 aliphatic rings. The fourth-order valence-corrected chi connectivity index (χ4v) is 3.90. The van der Waals surface area contributed by atoms with E-state index in [-0.39, 0.29) is 24.5 Å². The zero-order valence-electron chi connectivity index (χ0n) is 14.1. The van der Waals surface area contributed by atoms with Crippen LogP contribution in [-0.2, 0) is 14.3 Å². The van der Waals surface area contributed by atoms with Gasteiger partial charge in [0.15, 0.2) is 0 Å². The minimum absolute atomic E-state index is 0.0500. The van der Waals surface area contributed by atoms with E-state index in [9.17, 15) is 14.4 Å². The molecule has 3 fully saturated rings. The Kier molecular flexibility index (Phi) is 5.38. The zero-order valence-corrected chi connectivity index (χ0v) is 14.1. The van der Waals surface area contributed by atoms with Crippen LogP contribution in [0, 0.1) is 0 Å². The van der Waals surface area contributed by atoms with E-state index < -0.39 is 11.6 Å². The lowest BCUT2D eigenvalue weighted by Gasteiger charge is -2.28. The number of nitrogens with one attached hydrogen (secondary N) is 2. The Hall–Kier alpha value is -1.63. The Balaban J connectivity index is 1.55. The van der Waals surface area contributed by atoms with Crippen LogP contribution in [0.2, 0.25) is 0 Å². The van der Waals surface area contributed by atoms with Crippen LogP contribution in [0.15, 0.2) is 0 Å². The van der Waals surface area contributed by atoms with Crippen molar-refractivity contribution in [3.05, 3.63) is 0 Å². The summed E-state index contributed by atoms with van der Waals surface area (Å²) >= 11 is 0. The molecule has 1 aliphatic carbocycles. The second kappa shape index (κ2) is 7.51. The maximum absolute atomic E-state index is 12.8. The first-order valence-electron chi connectivity index (χ1n) is 9.13. The number of urea groups is 1. The van der Waals surface area contributed by atoms with Crippen LogP contribution in [0.25, 0.3) is 0 Å². The van der Waals surface area contributed by atoms with Crippen molar-refractivity contribution in [1.82, 2.24) is 15.5 Å². The van der Waals surface area contributed by atoms with Gasteiger partial charge in [-0.15, -0.1) is 0 Å². The van der Waals surface area contributed by atoms with Gasteiger partial charge in [0, 0.05) is 13.2 Å². The number of rotatable bonds is 4. The Morgan fingerprint density at radius 2 is 1.88 bits per heavy atom. The van der Waals surface area contributed by atoms with Crippen LogP contribution in [0.3, 0.4) is 0 Å². The molecule has 24 heavy (non-hydrogen) atoms. The Bertz CT molecular complexity index is 494. The van der Waals surface area contributed by atoms with Crippen molar-refractivity contribution in [3.63, 3.8) is 0 Å².